The number of aromatic nitrogens is 1. The summed E-state index contributed by atoms with van der Waals surface area (Å²) in [6.07, 6.45) is 0.991. The van der Waals surface area contributed by atoms with Gasteiger partial charge < -0.3 is 63.9 Å². The monoisotopic (exact) mass is 926 g/mol. The second kappa shape index (κ2) is 25.0. The predicted octanol–water partition coefficient (Wildman–Crippen LogP) is -1.30. The highest BCUT2D eigenvalue weighted by molar-refractivity contribution is 8.76. The molecule has 0 spiro atoms. The lowest BCUT2D eigenvalue weighted by Gasteiger charge is -2.28. The zero-order valence-electron chi connectivity index (χ0n) is 35.8. The third-order valence-corrected chi connectivity index (χ3v) is 12.8. The van der Waals surface area contributed by atoms with Gasteiger partial charge in [-0.15, -0.1) is 0 Å². The second-order valence-corrected chi connectivity index (χ2v) is 18.0. The molecule has 20 nitrogen and oxygen atoms in total. The SMILES string of the molecule is C[C@@H]1NC(=O)[C@H](Cc2ccccc2)NC(=O)[C@@H](N)CSSC[C@@H](C(=O)O)NC(=O)[C@H](C)NC(=O)[C@H]([C@@H](C)O)NC(=O)[C@H](CCCCN)NC(=O)[C@@H](Cc2c[nH]c3ccccc23)NC1=O. The van der Waals surface area contributed by atoms with Crippen LogP contribution in [0.2, 0.25) is 0 Å². The summed E-state index contributed by atoms with van der Waals surface area (Å²) in [7, 11) is 2.06. The van der Waals surface area contributed by atoms with E-state index < -0.39 is 102 Å². The van der Waals surface area contributed by atoms with E-state index in [1.807, 2.05) is 24.3 Å². The quantitative estimate of drug-likeness (QED) is 0.0832. The van der Waals surface area contributed by atoms with Gasteiger partial charge >= 0.3 is 5.97 Å². The van der Waals surface area contributed by atoms with Crippen LogP contribution in [0.4, 0.5) is 0 Å². The minimum absolute atomic E-state index is 0.0232. The summed E-state index contributed by atoms with van der Waals surface area (Å²) in [5.74, 6) is -7.29. The van der Waals surface area contributed by atoms with Crippen LogP contribution in [0.25, 0.3) is 10.9 Å². The maximum absolute atomic E-state index is 14.3. The average molecular weight is 927 g/mol. The molecule has 0 unspecified atom stereocenters. The van der Waals surface area contributed by atoms with E-state index in [1.165, 1.54) is 20.8 Å². The Hall–Kier alpha value is -5.68. The number of aliphatic hydroxyl groups is 1. The first-order chi connectivity index (χ1) is 30.5. The van der Waals surface area contributed by atoms with Gasteiger partial charge in [0.2, 0.25) is 41.4 Å². The van der Waals surface area contributed by atoms with Crippen molar-refractivity contribution in [2.24, 2.45) is 11.5 Å². The van der Waals surface area contributed by atoms with Gasteiger partial charge in [-0.1, -0.05) is 70.1 Å². The molecule has 1 fully saturated rings. The maximum Gasteiger partial charge on any atom is 0.327 e. The molecule has 14 N–H and O–H groups in total. The number of unbranched alkanes of at least 4 members (excludes halogenated alkanes) is 1. The van der Waals surface area contributed by atoms with E-state index in [1.54, 1.807) is 36.5 Å². The van der Waals surface area contributed by atoms with Crippen molar-refractivity contribution in [2.75, 3.05) is 18.1 Å². The first kappa shape index (κ1) is 51.0. The second-order valence-electron chi connectivity index (χ2n) is 15.5. The Labute approximate surface area is 378 Å². The van der Waals surface area contributed by atoms with Gasteiger partial charge in [-0.25, -0.2) is 4.79 Å². The number of benzene rings is 2. The molecule has 1 aliphatic heterocycles. The molecule has 0 radical (unpaired) electrons. The van der Waals surface area contributed by atoms with E-state index in [-0.39, 0.29) is 37.3 Å². The summed E-state index contributed by atoms with van der Waals surface area (Å²) in [5.41, 5.74) is 14.0. The molecule has 64 heavy (non-hydrogen) atoms. The lowest BCUT2D eigenvalue weighted by molar-refractivity contribution is -0.141. The topological polar surface area (TPSA) is 329 Å². The van der Waals surface area contributed by atoms with Crippen molar-refractivity contribution in [3.05, 3.63) is 71.9 Å². The average Bonchev–Trinajstić information content (AvgIpc) is 3.67. The van der Waals surface area contributed by atoms with Crippen LogP contribution in [0.15, 0.2) is 60.8 Å². The molecule has 3 aromatic rings. The standard InChI is InChI=1S/C42H58N10O10S2/c1-22-35(54)49-32(18-26-19-45-29-14-8-7-13-27(26)29)40(59)48-30(15-9-10-16-43)38(57)52-34(24(3)53)41(60)47-23(2)36(55)51-33(42(61)62)21-64-63-20-28(44)37(56)50-31(39(58)46-22)17-25-11-5-4-6-12-25/h4-8,11-14,19,22-24,28,30-34,45,53H,9-10,15-18,20-21,43-44H2,1-3H3,(H,46,58)(H,47,60)(H,48,59)(H,49,54)(H,50,56)(H,51,55)(H,52,57)(H,61,62)/t22-,23-,24+,28-,30-,31-,32+,33-,34-/m0/s1. The molecule has 22 heteroatoms. The van der Waals surface area contributed by atoms with Gasteiger partial charge in [0.05, 0.1) is 12.1 Å². The number of hydrogen-bond acceptors (Lipinski definition) is 13. The summed E-state index contributed by atoms with van der Waals surface area (Å²) >= 11 is 0. The zero-order chi connectivity index (χ0) is 46.9. The van der Waals surface area contributed by atoms with Crippen LogP contribution in [-0.2, 0) is 51.2 Å². The molecule has 1 aromatic heterocycles. The number of carboxylic acid groups (broad SMARTS) is 1. The number of aliphatic hydroxyl groups excluding tert-OH is 1. The number of nitrogens with one attached hydrogen (secondary N) is 8. The number of aliphatic carboxylic acids is 1. The molecule has 0 aliphatic carbocycles. The van der Waals surface area contributed by atoms with Crippen LogP contribution in [-0.4, -0.2) is 135 Å². The van der Waals surface area contributed by atoms with Gasteiger partial charge in [-0.2, -0.15) is 0 Å². The van der Waals surface area contributed by atoms with Gasteiger partial charge in [0.15, 0.2) is 0 Å². The van der Waals surface area contributed by atoms with Crippen molar-refractivity contribution in [1.82, 2.24) is 42.2 Å². The smallest absolute Gasteiger partial charge is 0.327 e. The van der Waals surface area contributed by atoms with Crippen LogP contribution in [0.5, 0.6) is 0 Å². The third-order valence-electron chi connectivity index (χ3n) is 10.3. The number of carbonyl (C=O) groups is 8. The number of rotatable bonds is 10. The number of carbonyl (C=O) groups excluding carboxylic acids is 7. The van der Waals surface area contributed by atoms with E-state index >= 15 is 0 Å². The molecule has 9 atom stereocenters. The van der Waals surface area contributed by atoms with E-state index in [0.29, 0.717) is 24.0 Å². The molecule has 0 bridgehead atoms. The fourth-order valence-corrected chi connectivity index (χ4v) is 8.87. The summed E-state index contributed by atoms with van der Waals surface area (Å²) in [4.78, 5) is 111. The van der Waals surface area contributed by atoms with Crippen molar-refractivity contribution in [2.45, 2.75) is 107 Å². The summed E-state index contributed by atoms with van der Waals surface area (Å²) in [6, 6.07) is 5.45. The number of aromatic amines is 1. The highest BCUT2D eigenvalue weighted by Gasteiger charge is 2.35. The third kappa shape index (κ3) is 15.2. The minimum Gasteiger partial charge on any atom is -0.480 e. The van der Waals surface area contributed by atoms with Crippen molar-refractivity contribution < 1.29 is 48.6 Å². The summed E-state index contributed by atoms with van der Waals surface area (Å²) < 4.78 is 0. The predicted molar refractivity (Wildman–Crippen MR) is 242 cm³/mol. The first-order valence-corrected chi connectivity index (χ1v) is 23.3. The van der Waals surface area contributed by atoms with Crippen LogP contribution < -0.4 is 48.7 Å². The molecule has 2 aromatic carbocycles. The number of H-pyrrole nitrogens is 1. The zero-order valence-corrected chi connectivity index (χ0v) is 37.4. The number of para-hydroxylation sites is 1. The van der Waals surface area contributed by atoms with Crippen LogP contribution in [0.1, 0.15) is 51.2 Å². The summed E-state index contributed by atoms with van der Waals surface area (Å²) in [5, 5.41) is 39.1. The van der Waals surface area contributed by atoms with E-state index in [9.17, 15) is 48.6 Å². The normalized spacial score (nSPS) is 26.0. The van der Waals surface area contributed by atoms with E-state index in [4.69, 9.17) is 11.5 Å². The van der Waals surface area contributed by atoms with Crippen molar-refractivity contribution in [1.29, 1.82) is 0 Å². The van der Waals surface area contributed by atoms with Gasteiger partial charge in [0.1, 0.15) is 42.3 Å². The van der Waals surface area contributed by atoms with Crippen LogP contribution in [0.3, 0.4) is 0 Å². The van der Waals surface area contributed by atoms with Gasteiger partial charge in [-0.05, 0) is 63.8 Å². The fourth-order valence-electron chi connectivity index (χ4n) is 6.59. The molecule has 1 aliphatic rings. The van der Waals surface area contributed by atoms with E-state index in [2.05, 4.69) is 42.2 Å². The molecule has 4 rings (SSSR count). The molecule has 7 amide bonds. The molecule has 1 saturated heterocycles. The Bertz CT molecular complexity index is 2110. The minimum atomic E-state index is -1.63. The number of hydrogen-bond donors (Lipinski definition) is 12. The number of carboxylic acids is 1. The Balaban J connectivity index is 1.69. The van der Waals surface area contributed by atoms with Gasteiger partial charge in [0, 0.05) is 41.4 Å². The fraction of sp³-hybridized carbons (Fsp3) is 0.476. The lowest BCUT2D eigenvalue weighted by Crippen LogP contribution is -2.61. The Morgan fingerprint density at radius 3 is 1.92 bits per heavy atom. The molecular formula is C42H58N10O10S2. The lowest BCUT2D eigenvalue weighted by atomic mass is 10.0. The Kier molecular flexibility index (Phi) is 19.9. The molecule has 348 valence electrons. The van der Waals surface area contributed by atoms with Crippen LogP contribution >= 0.6 is 21.6 Å². The van der Waals surface area contributed by atoms with Crippen molar-refractivity contribution in [3.8, 4) is 0 Å². The molecule has 2 heterocycles. The number of amides is 7. The largest absolute Gasteiger partial charge is 0.480 e. The highest BCUT2D eigenvalue weighted by Crippen LogP contribution is 2.23. The first-order valence-electron chi connectivity index (χ1n) is 20.8. The Morgan fingerprint density at radius 1 is 0.688 bits per heavy atom. The van der Waals surface area contributed by atoms with Crippen molar-refractivity contribution in [3.63, 3.8) is 0 Å². The molecule has 0 saturated carbocycles. The van der Waals surface area contributed by atoms with Crippen molar-refractivity contribution >= 4 is 79.8 Å². The Morgan fingerprint density at radius 2 is 1.25 bits per heavy atom. The van der Waals surface area contributed by atoms with E-state index in [0.717, 1.165) is 32.5 Å². The van der Waals surface area contributed by atoms with Crippen LogP contribution in [0, 0.1) is 0 Å². The highest BCUT2D eigenvalue weighted by atomic mass is 33.1. The van der Waals surface area contributed by atoms with Gasteiger partial charge in [0.25, 0.3) is 0 Å². The maximum atomic E-state index is 14.3. The number of fused-ring (bicyclic) bond motifs is 1. The summed E-state index contributed by atoms with van der Waals surface area (Å²) in [6.45, 7) is 4.19. The van der Waals surface area contributed by atoms with Gasteiger partial charge in [-0.3, -0.25) is 33.6 Å². The molecular weight excluding hydrogens is 869 g/mol. The number of nitrogens with two attached hydrogens (primary N) is 2.